The minimum atomic E-state index is -0.232. The van der Waals surface area contributed by atoms with Gasteiger partial charge in [-0.15, -0.1) is 0 Å². The fourth-order valence-electron chi connectivity index (χ4n) is 1.98. The molecule has 0 unspecified atom stereocenters. The second kappa shape index (κ2) is 5.38. The number of halogens is 1. The number of aryl methyl sites for hydroxylation is 1. The van der Waals surface area contributed by atoms with Crippen LogP contribution >= 0.6 is 22.9 Å². The highest BCUT2D eigenvalue weighted by Crippen LogP contribution is 2.36. The second-order valence-electron chi connectivity index (χ2n) is 4.59. The summed E-state index contributed by atoms with van der Waals surface area (Å²) in [6, 6.07) is 3.17. The van der Waals surface area contributed by atoms with Gasteiger partial charge in [0.25, 0.3) is 11.8 Å². The first kappa shape index (κ1) is 13.9. The lowest BCUT2D eigenvalue weighted by atomic mass is 10.2. The van der Waals surface area contributed by atoms with E-state index in [2.05, 4.69) is 10.6 Å². The van der Waals surface area contributed by atoms with Crippen LogP contribution in [0.4, 0.5) is 11.4 Å². The van der Waals surface area contributed by atoms with Gasteiger partial charge < -0.3 is 15.4 Å². The van der Waals surface area contributed by atoms with Crippen LogP contribution in [-0.2, 0) is 4.79 Å². The molecular formula is C14H11ClN2O3S. The molecule has 1 aliphatic rings. The van der Waals surface area contributed by atoms with Crippen molar-refractivity contribution in [2.75, 3.05) is 17.2 Å². The number of amides is 2. The van der Waals surface area contributed by atoms with Crippen LogP contribution in [0.5, 0.6) is 5.75 Å². The maximum absolute atomic E-state index is 12.2. The van der Waals surface area contributed by atoms with Gasteiger partial charge in [0, 0.05) is 11.4 Å². The zero-order valence-corrected chi connectivity index (χ0v) is 12.6. The van der Waals surface area contributed by atoms with Crippen molar-refractivity contribution in [3.8, 4) is 5.75 Å². The summed E-state index contributed by atoms with van der Waals surface area (Å²) in [4.78, 5) is 23.4. The molecule has 0 saturated heterocycles. The average molecular weight is 323 g/mol. The van der Waals surface area contributed by atoms with Crippen LogP contribution in [0.2, 0.25) is 5.02 Å². The van der Waals surface area contributed by atoms with Crippen LogP contribution in [0, 0.1) is 6.92 Å². The number of hydrogen-bond donors (Lipinski definition) is 2. The molecule has 2 amide bonds. The van der Waals surface area contributed by atoms with E-state index in [9.17, 15) is 9.59 Å². The lowest BCUT2D eigenvalue weighted by Gasteiger charge is -2.19. The van der Waals surface area contributed by atoms with Crippen molar-refractivity contribution < 1.29 is 14.3 Å². The van der Waals surface area contributed by atoms with Gasteiger partial charge in [-0.25, -0.2) is 0 Å². The van der Waals surface area contributed by atoms with E-state index < -0.39 is 0 Å². The predicted molar refractivity (Wildman–Crippen MR) is 82.6 cm³/mol. The van der Waals surface area contributed by atoms with Crippen LogP contribution in [0.3, 0.4) is 0 Å². The van der Waals surface area contributed by atoms with E-state index in [0.29, 0.717) is 27.7 Å². The number of hydrogen-bond acceptors (Lipinski definition) is 4. The van der Waals surface area contributed by atoms with E-state index in [1.165, 1.54) is 11.3 Å². The molecule has 3 rings (SSSR count). The lowest BCUT2D eigenvalue weighted by Crippen LogP contribution is -2.25. The molecule has 1 aliphatic heterocycles. The molecule has 0 fully saturated rings. The first-order valence-electron chi connectivity index (χ1n) is 6.15. The van der Waals surface area contributed by atoms with Gasteiger partial charge in [-0.1, -0.05) is 11.6 Å². The van der Waals surface area contributed by atoms with E-state index in [1.807, 2.05) is 12.3 Å². The van der Waals surface area contributed by atoms with Crippen molar-refractivity contribution in [3.63, 3.8) is 0 Å². The van der Waals surface area contributed by atoms with Crippen molar-refractivity contribution in [3.05, 3.63) is 39.0 Å². The number of anilines is 2. The topological polar surface area (TPSA) is 67.4 Å². The summed E-state index contributed by atoms with van der Waals surface area (Å²) in [5.74, 6) is 0.0241. The summed E-state index contributed by atoms with van der Waals surface area (Å²) in [6.07, 6.45) is 0. The molecule has 2 heterocycles. The highest BCUT2D eigenvalue weighted by atomic mass is 35.5. The third kappa shape index (κ3) is 2.72. The van der Waals surface area contributed by atoms with Crippen LogP contribution in [-0.4, -0.2) is 18.4 Å². The van der Waals surface area contributed by atoms with E-state index >= 15 is 0 Å². The first-order valence-corrected chi connectivity index (χ1v) is 7.47. The van der Waals surface area contributed by atoms with Crippen molar-refractivity contribution in [1.82, 2.24) is 0 Å². The number of rotatable bonds is 2. The van der Waals surface area contributed by atoms with Crippen LogP contribution in [0.25, 0.3) is 0 Å². The summed E-state index contributed by atoms with van der Waals surface area (Å²) in [7, 11) is 0. The molecule has 5 nitrogen and oxygen atoms in total. The third-order valence-electron chi connectivity index (χ3n) is 3.05. The Kier molecular flexibility index (Phi) is 3.57. The molecule has 1 aromatic carbocycles. The molecule has 0 bridgehead atoms. The van der Waals surface area contributed by atoms with Gasteiger partial charge in [0.15, 0.2) is 6.61 Å². The van der Waals surface area contributed by atoms with Crippen molar-refractivity contribution in [1.29, 1.82) is 0 Å². The number of nitrogens with one attached hydrogen (secondary N) is 2. The lowest BCUT2D eigenvalue weighted by molar-refractivity contribution is -0.118. The maximum Gasteiger partial charge on any atom is 0.262 e. The fraction of sp³-hybridized carbons (Fsp3) is 0.143. The summed E-state index contributed by atoms with van der Waals surface area (Å²) in [6.45, 7) is 1.82. The third-order valence-corrected chi connectivity index (χ3v) is 4.22. The van der Waals surface area contributed by atoms with Gasteiger partial charge in [0.1, 0.15) is 5.75 Å². The van der Waals surface area contributed by atoms with Gasteiger partial charge in [-0.05, 0) is 23.9 Å². The van der Waals surface area contributed by atoms with Gasteiger partial charge in [0.2, 0.25) is 0 Å². The summed E-state index contributed by atoms with van der Waals surface area (Å²) in [5.41, 5.74) is 2.47. The van der Waals surface area contributed by atoms with Crippen molar-refractivity contribution in [2.24, 2.45) is 0 Å². The Morgan fingerprint density at radius 2 is 2.24 bits per heavy atom. The van der Waals surface area contributed by atoms with Gasteiger partial charge >= 0.3 is 0 Å². The second-order valence-corrected chi connectivity index (χ2v) is 5.74. The number of ether oxygens (including phenoxy) is 1. The van der Waals surface area contributed by atoms with E-state index in [-0.39, 0.29) is 18.4 Å². The number of benzene rings is 1. The Hall–Kier alpha value is -2.05. The molecule has 7 heteroatoms. The Labute approximate surface area is 129 Å². The quantitative estimate of drug-likeness (QED) is 0.891. The van der Waals surface area contributed by atoms with Gasteiger partial charge in [-0.3, -0.25) is 9.59 Å². The van der Waals surface area contributed by atoms with Crippen LogP contribution < -0.4 is 15.4 Å². The fourth-order valence-corrected chi connectivity index (χ4v) is 3.02. The minimum absolute atomic E-state index is 0.0499. The van der Waals surface area contributed by atoms with E-state index in [4.69, 9.17) is 16.3 Å². The molecule has 2 aromatic rings. The number of fused-ring (bicyclic) bond motifs is 1. The van der Waals surface area contributed by atoms with Crippen molar-refractivity contribution in [2.45, 2.75) is 6.92 Å². The maximum atomic E-state index is 12.2. The summed E-state index contributed by atoms with van der Waals surface area (Å²) >= 11 is 7.60. The number of thiophene rings is 1. The number of carbonyl (C=O) groups excluding carboxylic acids is 2. The molecular weight excluding hydrogens is 312 g/mol. The zero-order chi connectivity index (χ0) is 15.0. The van der Waals surface area contributed by atoms with Crippen LogP contribution in [0.15, 0.2) is 22.9 Å². The summed E-state index contributed by atoms with van der Waals surface area (Å²) in [5, 5.41) is 9.44. The highest BCUT2D eigenvalue weighted by molar-refractivity contribution is 7.08. The first-order chi connectivity index (χ1) is 10.0. The number of carbonyl (C=O) groups is 2. The van der Waals surface area contributed by atoms with Gasteiger partial charge in [0.05, 0.1) is 22.0 Å². The Balaban J connectivity index is 1.88. The molecule has 0 atom stereocenters. The van der Waals surface area contributed by atoms with Crippen LogP contribution in [0.1, 0.15) is 15.9 Å². The molecule has 1 aromatic heterocycles. The molecule has 0 saturated carbocycles. The minimum Gasteiger partial charge on any atom is -0.482 e. The molecule has 21 heavy (non-hydrogen) atoms. The highest BCUT2D eigenvalue weighted by Gasteiger charge is 2.19. The smallest absolute Gasteiger partial charge is 0.262 e. The Bertz CT molecular complexity index is 742. The normalized spacial score (nSPS) is 13.1. The standard InChI is InChI=1S/C14H11ClN2O3S/c1-7-5-21-6-8(7)14(19)17-10-3-12-11(2-9(10)15)16-13(18)4-20-12/h2-3,5-6H,4H2,1H3,(H,16,18)(H,17,19). The Morgan fingerprint density at radius 1 is 1.43 bits per heavy atom. The molecule has 0 spiro atoms. The monoisotopic (exact) mass is 322 g/mol. The van der Waals surface area contributed by atoms with Crippen molar-refractivity contribution >= 4 is 46.1 Å². The SMILES string of the molecule is Cc1cscc1C(=O)Nc1cc2c(cc1Cl)NC(=O)CO2. The zero-order valence-electron chi connectivity index (χ0n) is 11.0. The van der Waals surface area contributed by atoms with Gasteiger partial charge in [-0.2, -0.15) is 11.3 Å². The Morgan fingerprint density at radius 3 is 2.95 bits per heavy atom. The van der Waals surface area contributed by atoms with E-state index in [0.717, 1.165) is 5.56 Å². The molecule has 2 N–H and O–H groups in total. The average Bonchev–Trinajstić information content (AvgIpc) is 2.86. The predicted octanol–water partition coefficient (Wildman–Crippen LogP) is 3.29. The molecule has 108 valence electrons. The summed E-state index contributed by atoms with van der Waals surface area (Å²) < 4.78 is 5.31. The molecule has 0 radical (unpaired) electrons. The molecule has 0 aliphatic carbocycles. The largest absolute Gasteiger partial charge is 0.482 e. The van der Waals surface area contributed by atoms with E-state index in [1.54, 1.807) is 17.5 Å².